The summed E-state index contributed by atoms with van der Waals surface area (Å²) in [7, 11) is 1.69. The van der Waals surface area contributed by atoms with E-state index in [4.69, 9.17) is 4.74 Å². The summed E-state index contributed by atoms with van der Waals surface area (Å²) in [6.45, 7) is 3.03. The number of ether oxygens (including phenoxy) is 1. The number of hydrogen-bond donors (Lipinski definition) is 1. The van der Waals surface area contributed by atoms with Gasteiger partial charge >= 0.3 is 0 Å². The van der Waals surface area contributed by atoms with Crippen LogP contribution in [0.15, 0.2) is 54.7 Å². The van der Waals surface area contributed by atoms with Gasteiger partial charge in [-0.15, -0.1) is 0 Å². The SMILES string of the molecule is COc1ccc(-c2[nH]ncc2CN2CCCc3ccccc3C2)cc1. The Morgan fingerprint density at radius 3 is 2.68 bits per heavy atom. The molecule has 0 atom stereocenters. The highest BCUT2D eigenvalue weighted by Crippen LogP contribution is 2.26. The fourth-order valence-electron chi connectivity index (χ4n) is 3.58. The maximum absolute atomic E-state index is 5.25. The first-order valence-electron chi connectivity index (χ1n) is 8.79. The first-order valence-corrected chi connectivity index (χ1v) is 8.79. The van der Waals surface area contributed by atoms with Crippen LogP contribution in [0.25, 0.3) is 11.3 Å². The van der Waals surface area contributed by atoms with E-state index in [9.17, 15) is 0 Å². The van der Waals surface area contributed by atoms with E-state index >= 15 is 0 Å². The van der Waals surface area contributed by atoms with Crippen molar-refractivity contribution in [2.75, 3.05) is 13.7 Å². The van der Waals surface area contributed by atoms with Crippen LogP contribution < -0.4 is 4.74 Å². The van der Waals surface area contributed by atoms with E-state index in [0.717, 1.165) is 36.6 Å². The molecule has 2 heterocycles. The topological polar surface area (TPSA) is 41.1 Å². The van der Waals surface area contributed by atoms with Crippen LogP contribution in [0.5, 0.6) is 5.75 Å². The second-order valence-corrected chi connectivity index (χ2v) is 6.58. The summed E-state index contributed by atoms with van der Waals surface area (Å²) in [5, 5.41) is 7.46. The van der Waals surface area contributed by atoms with Crippen molar-refractivity contribution in [1.29, 1.82) is 0 Å². The minimum Gasteiger partial charge on any atom is -0.497 e. The number of aromatic amines is 1. The second-order valence-electron chi connectivity index (χ2n) is 6.58. The van der Waals surface area contributed by atoms with E-state index in [1.54, 1.807) is 7.11 Å². The minimum absolute atomic E-state index is 0.869. The molecule has 0 unspecified atom stereocenters. The lowest BCUT2D eigenvalue weighted by Gasteiger charge is -2.20. The van der Waals surface area contributed by atoms with E-state index in [1.165, 1.54) is 29.5 Å². The van der Waals surface area contributed by atoms with Crippen molar-refractivity contribution in [2.45, 2.75) is 25.9 Å². The van der Waals surface area contributed by atoms with Crippen molar-refractivity contribution < 1.29 is 4.74 Å². The van der Waals surface area contributed by atoms with Crippen LogP contribution in [0, 0.1) is 0 Å². The van der Waals surface area contributed by atoms with E-state index in [0.29, 0.717) is 0 Å². The number of benzene rings is 2. The zero-order chi connectivity index (χ0) is 17.1. The maximum Gasteiger partial charge on any atom is 0.118 e. The molecule has 0 saturated heterocycles. The van der Waals surface area contributed by atoms with Gasteiger partial charge in [0.1, 0.15) is 5.75 Å². The van der Waals surface area contributed by atoms with Crippen LogP contribution in [0.2, 0.25) is 0 Å². The number of rotatable bonds is 4. The van der Waals surface area contributed by atoms with Crippen LogP contribution >= 0.6 is 0 Å². The standard InChI is InChI=1S/C21H23N3O/c1-25-20-10-8-17(9-11-20)21-19(13-22-23-21)15-24-12-4-7-16-5-2-3-6-18(16)14-24/h2-3,5-6,8-11,13H,4,7,12,14-15H2,1H3,(H,22,23). The van der Waals surface area contributed by atoms with Crippen molar-refractivity contribution in [3.8, 4) is 17.0 Å². The van der Waals surface area contributed by atoms with Crippen molar-refractivity contribution in [3.05, 3.63) is 71.4 Å². The molecule has 2 aromatic carbocycles. The molecule has 1 N–H and O–H groups in total. The highest BCUT2D eigenvalue weighted by atomic mass is 16.5. The Bertz CT molecular complexity index is 838. The third kappa shape index (κ3) is 3.44. The molecule has 3 aromatic rings. The summed E-state index contributed by atoms with van der Waals surface area (Å²) >= 11 is 0. The summed E-state index contributed by atoms with van der Waals surface area (Å²) < 4.78 is 5.25. The molecule has 25 heavy (non-hydrogen) atoms. The molecule has 1 aromatic heterocycles. The predicted octanol–water partition coefficient (Wildman–Crippen LogP) is 4.03. The second kappa shape index (κ2) is 7.11. The average molecular weight is 333 g/mol. The van der Waals surface area contributed by atoms with E-state index in [1.807, 2.05) is 18.3 Å². The summed E-state index contributed by atoms with van der Waals surface area (Å²) in [5.74, 6) is 0.869. The third-order valence-electron chi connectivity index (χ3n) is 4.92. The summed E-state index contributed by atoms with van der Waals surface area (Å²) in [6, 6.07) is 16.9. The number of methoxy groups -OCH3 is 1. The molecule has 4 nitrogen and oxygen atoms in total. The van der Waals surface area contributed by atoms with Gasteiger partial charge in [0.05, 0.1) is 19.0 Å². The molecule has 0 fully saturated rings. The first-order chi connectivity index (χ1) is 12.3. The molecule has 0 saturated carbocycles. The number of H-pyrrole nitrogens is 1. The lowest BCUT2D eigenvalue weighted by atomic mass is 10.0. The zero-order valence-corrected chi connectivity index (χ0v) is 14.5. The van der Waals surface area contributed by atoms with Crippen LogP contribution in [-0.4, -0.2) is 28.8 Å². The highest BCUT2D eigenvalue weighted by molar-refractivity contribution is 5.63. The summed E-state index contributed by atoms with van der Waals surface area (Å²) in [5.41, 5.74) is 6.43. The van der Waals surface area contributed by atoms with Crippen LogP contribution in [0.3, 0.4) is 0 Å². The third-order valence-corrected chi connectivity index (χ3v) is 4.92. The smallest absolute Gasteiger partial charge is 0.118 e. The fourth-order valence-corrected chi connectivity index (χ4v) is 3.58. The molecule has 0 spiro atoms. The Balaban J connectivity index is 1.54. The molecular formula is C21H23N3O. The number of fused-ring (bicyclic) bond motifs is 1. The number of nitrogens with zero attached hydrogens (tertiary/aromatic N) is 2. The number of nitrogens with one attached hydrogen (secondary N) is 1. The highest BCUT2D eigenvalue weighted by Gasteiger charge is 2.17. The molecule has 0 bridgehead atoms. The van der Waals surface area contributed by atoms with E-state index in [2.05, 4.69) is 51.5 Å². The molecule has 0 radical (unpaired) electrons. The van der Waals surface area contributed by atoms with Crippen LogP contribution in [0.1, 0.15) is 23.1 Å². The van der Waals surface area contributed by atoms with Gasteiger partial charge in [0.25, 0.3) is 0 Å². The zero-order valence-electron chi connectivity index (χ0n) is 14.5. The minimum atomic E-state index is 0.869. The number of aromatic nitrogens is 2. The molecule has 4 heteroatoms. The van der Waals surface area contributed by atoms with Gasteiger partial charge in [-0.05, 0) is 54.8 Å². The van der Waals surface area contributed by atoms with Crippen molar-refractivity contribution in [2.24, 2.45) is 0 Å². The number of aryl methyl sites for hydroxylation is 1. The molecule has 1 aliphatic rings. The Morgan fingerprint density at radius 1 is 1.08 bits per heavy atom. The Morgan fingerprint density at radius 2 is 1.88 bits per heavy atom. The van der Waals surface area contributed by atoms with Crippen molar-refractivity contribution in [3.63, 3.8) is 0 Å². The Hall–Kier alpha value is -2.59. The van der Waals surface area contributed by atoms with Gasteiger partial charge < -0.3 is 4.74 Å². The predicted molar refractivity (Wildman–Crippen MR) is 99.5 cm³/mol. The van der Waals surface area contributed by atoms with Gasteiger partial charge in [-0.25, -0.2) is 0 Å². The van der Waals surface area contributed by atoms with Crippen LogP contribution in [0.4, 0.5) is 0 Å². The Kier molecular flexibility index (Phi) is 4.53. The van der Waals surface area contributed by atoms with E-state index < -0.39 is 0 Å². The largest absolute Gasteiger partial charge is 0.497 e. The lowest BCUT2D eigenvalue weighted by Crippen LogP contribution is -2.22. The molecule has 1 aliphatic heterocycles. The summed E-state index contributed by atoms with van der Waals surface area (Å²) in [6.07, 6.45) is 4.33. The molecular weight excluding hydrogens is 310 g/mol. The lowest BCUT2D eigenvalue weighted by molar-refractivity contribution is 0.261. The first kappa shape index (κ1) is 15.9. The van der Waals surface area contributed by atoms with Crippen LogP contribution in [-0.2, 0) is 19.5 Å². The van der Waals surface area contributed by atoms with Gasteiger partial charge in [-0.2, -0.15) is 5.10 Å². The average Bonchev–Trinajstić information content (AvgIpc) is 3.01. The molecule has 0 aliphatic carbocycles. The van der Waals surface area contributed by atoms with Gasteiger partial charge in [0.15, 0.2) is 0 Å². The quantitative estimate of drug-likeness (QED) is 0.783. The summed E-state index contributed by atoms with van der Waals surface area (Å²) in [4.78, 5) is 2.52. The van der Waals surface area contributed by atoms with E-state index in [-0.39, 0.29) is 0 Å². The maximum atomic E-state index is 5.25. The van der Waals surface area contributed by atoms with Gasteiger partial charge in [-0.1, -0.05) is 24.3 Å². The molecule has 0 amide bonds. The van der Waals surface area contributed by atoms with Crippen molar-refractivity contribution >= 4 is 0 Å². The van der Waals surface area contributed by atoms with Gasteiger partial charge in [-0.3, -0.25) is 10.00 Å². The van der Waals surface area contributed by atoms with Crippen molar-refractivity contribution in [1.82, 2.24) is 15.1 Å². The van der Waals surface area contributed by atoms with Gasteiger partial charge in [0, 0.05) is 24.2 Å². The molecule has 4 rings (SSSR count). The van der Waals surface area contributed by atoms with Gasteiger partial charge in [0.2, 0.25) is 0 Å². The normalized spacial score (nSPS) is 14.8. The number of hydrogen-bond acceptors (Lipinski definition) is 3. The Labute approximate surface area is 148 Å². The molecule has 128 valence electrons. The fraction of sp³-hybridized carbons (Fsp3) is 0.286. The monoisotopic (exact) mass is 333 g/mol.